The van der Waals surface area contributed by atoms with Gasteiger partial charge in [-0.1, -0.05) is 25.5 Å². The molecule has 4 nitrogen and oxygen atoms in total. The summed E-state index contributed by atoms with van der Waals surface area (Å²) >= 11 is 0. The lowest BCUT2D eigenvalue weighted by molar-refractivity contribution is -0.130. The van der Waals surface area contributed by atoms with Gasteiger partial charge in [-0.05, 0) is 68.1 Å². The van der Waals surface area contributed by atoms with Crippen LogP contribution >= 0.6 is 0 Å². The van der Waals surface area contributed by atoms with E-state index in [1.807, 2.05) is 0 Å². The summed E-state index contributed by atoms with van der Waals surface area (Å²) in [4.78, 5) is 15.7. The van der Waals surface area contributed by atoms with Crippen molar-refractivity contribution in [1.82, 2.24) is 4.90 Å². The highest BCUT2D eigenvalue weighted by Gasteiger charge is 2.59. The van der Waals surface area contributed by atoms with Crippen LogP contribution in [0.2, 0.25) is 0 Å². The topological polar surface area (TPSA) is 49.8 Å². The highest BCUT2D eigenvalue weighted by Crippen LogP contribution is 2.64. The third-order valence-electron chi connectivity index (χ3n) is 9.10. The Morgan fingerprint density at radius 3 is 2.64 bits per heavy atom. The van der Waals surface area contributed by atoms with E-state index in [0.29, 0.717) is 23.5 Å². The third kappa shape index (κ3) is 2.74. The van der Waals surface area contributed by atoms with E-state index >= 15 is 0 Å². The lowest BCUT2D eigenvalue weighted by Crippen LogP contribution is -2.50. The van der Waals surface area contributed by atoms with Crippen LogP contribution in [0.3, 0.4) is 0 Å². The van der Waals surface area contributed by atoms with E-state index in [2.05, 4.69) is 31.0 Å². The number of fused-ring (bicyclic) bond motifs is 5. The van der Waals surface area contributed by atoms with Crippen LogP contribution in [0.1, 0.15) is 58.8 Å². The molecule has 28 heavy (non-hydrogen) atoms. The maximum atomic E-state index is 13.4. The molecular formula is C24H35NO3. The highest BCUT2D eigenvalue weighted by molar-refractivity contribution is 6.02. The molecule has 0 spiro atoms. The van der Waals surface area contributed by atoms with Gasteiger partial charge in [0.15, 0.2) is 5.78 Å². The molecule has 0 aromatic rings. The van der Waals surface area contributed by atoms with Gasteiger partial charge in [0.25, 0.3) is 0 Å². The number of morpholine rings is 1. The first-order valence-electron chi connectivity index (χ1n) is 11.4. The standard InChI is InChI=1S/C24H35NO3/c1-23-7-5-18(26)14-17(23)3-4-19-20(23)6-8-24(2)21(19)13-16(22(24)27)15-25-9-11-28-12-10-25/h3,15,18-21,26H,4-14H2,1-2H3/b16-15+/t18-,19+,20-,21-,23-,24-/m0/s1. The minimum atomic E-state index is -0.171. The molecule has 3 saturated carbocycles. The average molecular weight is 386 g/mol. The predicted octanol–water partition coefficient (Wildman–Crippen LogP) is 3.71. The molecule has 6 atom stereocenters. The van der Waals surface area contributed by atoms with E-state index in [4.69, 9.17) is 4.74 Å². The molecule has 4 aliphatic carbocycles. The van der Waals surface area contributed by atoms with Gasteiger partial charge in [-0.3, -0.25) is 4.79 Å². The zero-order valence-electron chi connectivity index (χ0n) is 17.5. The summed E-state index contributed by atoms with van der Waals surface area (Å²) in [7, 11) is 0. The highest BCUT2D eigenvalue weighted by atomic mass is 16.5. The molecule has 0 aromatic heterocycles. The number of aliphatic hydroxyl groups is 1. The van der Waals surface area contributed by atoms with Crippen molar-refractivity contribution in [1.29, 1.82) is 0 Å². The summed E-state index contributed by atoms with van der Waals surface area (Å²) in [6.45, 7) is 8.03. The Balaban J connectivity index is 1.43. The van der Waals surface area contributed by atoms with E-state index < -0.39 is 0 Å². The molecule has 1 heterocycles. The van der Waals surface area contributed by atoms with Crippen molar-refractivity contribution in [2.24, 2.45) is 28.6 Å². The van der Waals surface area contributed by atoms with Gasteiger partial charge >= 0.3 is 0 Å². The Morgan fingerprint density at radius 2 is 1.86 bits per heavy atom. The fourth-order valence-electron chi connectivity index (χ4n) is 7.36. The van der Waals surface area contributed by atoms with Crippen molar-refractivity contribution in [2.75, 3.05) is 26.3 Å². The molecule has 0 amide bonds. The Bertz CT molecular complexity index is 721. The van der Waals surface area contributed by atoms with E-state index in [9.17, 15) is 9.90 Å². The van der Waals surface area contributed by atoms with Crippen LogP contribution in [0.25, 0.3) is 0 Å². The fraction of sp³-hybridized carbons (Fsp3) is 0.792. The van der Waals surface area contributed by atoms with Crippen molar-refractivity contribution in [3.05, 3.63) is 23.4 Å². The first-order valence-corrected chi connectivity index (χ1v) is 11.4. The number of allylic oxidation sites excluding steroid dienone is 2. The SMILES string of the molecule is C[C@]12CC[C@H](O)CC1=CC[C@@H]1[C@@H]2CC[C@]2(C)C(=O)/C(=C/N3CCOCC3)C[C@@H]12. The van der Waals surface area contributed by atoms with Gasteiger partial charge in [0.05, 0.1) is 19.3 Å². The minimum absolute atomic E-state index is 0.152. The van der Waals surface area contributed by atoms with Crippen molar-refractivity contribution < 1.29 is 14.6 Å². The number of hydrogen-bond acceptors (Lipinski definition) is 4. The number of rotatable bonds is 1. The van der Waals surface area contributed by atoms with Crippen molar-refractivity contribution in [3.8, 4) is 0 Å². The Kier molecular flexibility index (Phi) is 4.52. The molecule has 5 aliphatic rings. The van der Waals surface area contributed by atoms with Gasteiger partial charge in [-0.2, -0.15) is 0 Å². The molecule has 154 valence electrons. The molecule has 1 aliphatic heterocycles. The van der Waals surface area contributed by atoms with Crippen LogP contribution in [-0.2, 0) is 9.53 Å². The van der Waals surface area contributed by atoms with Gasteiger partial charge in [-0.25, -0.2) is 0 Å². The van der Waals surface area contributed by atoms with Crippen LogP contribution in [0.15, 0.2) is 23.4 Å². The summed E-state index contributed by atoms with van der Waals surface area (Å²) in [6, 6.07) is 0. The lowest BCUT2D eigenvalue weighted by atomic mass is 9.48. The molecule has 1 N–H and O–H groups in total. The maximum Gasteiger partial charge on any atom is 0.166 e. The third-order valence-corrected chi connectivity index (χ3v) is 9.10. The Hall–Kier alpha value is -1.13. The molecule has 0 radical (unpaired) electrons. The van der Waals surface area contributed by atoms with Crippen LogP contribution < -0.4 is 0 Å². The van der Waals surface area contributed by atoms with E-state index in [0.717, 1.165) is 76.8 Å². The van der Waals surface area contributed by atoms with Crippen molar-refractivity contribution in [3.63, 3.8) is 0 Å². The summed E-state index contributed by atoms with van der Waals surface area (Å²) in [6.07, 6.45) is 11.6. The molecule has 1 saturated heterocycles. The number of Topliss-reactive ketones (excluding diaryl/α,β-unsaturated/α-hetero) is 1. The maximum absolute atomic E-state index is 13.4. The van der Waals surface area contributed by atoms with Crippen LogP contribution in [0, 0.1) is 28.6 Å². The largest absolute Gasteiger partial charge is 0.393 e. The summed E-state index contributed by atoms with van der Waals surface area (Å²) in [5.74, 6) is 2.19. The van der Waals surface area contributed by atoms with Crippen LogP contribution in [0.4, 0.5) is 0 Å². The second-order valence-electron chi connectivity index (χ2n) is 10.4. The van der Waals surface area contributed by atoms with Gasteiger partial charge < -0.3 is 14.7 Å². The molecule has 0 unspecified atom stereocenters. The second kappa shape index (κ2) is 6.70. The number of ether oxygens (including phenoxy) is 1. The molecular weight excluding hydrogens is 350 g/mol. The average Bonchev–Trinajstić information content (AvgIpc) is 2.94. The molecule has 0 aromatic carbocycles. The van der Waals surface area contributed by atoms with Gasteiger partial charge in [0.1, 0.15) is 0 Å². The van der Waals surface area contributed by atoms with E-state index in [1.165, 1.54) is 5.57 Å². The fourth-order valence-corrected chi connectivity index (χ4v) is 7.36. The first-order chi connectivity index (χ1) is 13.4. The van der Waals surface area contributed by atoms with E-state index in [1.54, 1.807) is 0 Å². The first kappa shape index (κ1) is 18.9. The second-order valence-corrected chi connectivity index (χ2v) is 10.4. The van der Waals surface area contributed by atoms with Crippen LogP contribution in [0.5, 0.6) is 0 Å². The smallest absolute Gasteiger partial charge is 0.166 e. The van der Waals surface area contributed by atoms with Crippen molar-refractivity contribution in [2.45, 2.75) is 64.9 Å². The normalized spacial score (nSPS) is 47.4. The molecule has 5 rings (SSSR count). The molecule has 4 fully saturated rings. The van der Waals surface area contributed by atoms with Crippen LogP contribution in [-0.4, -0.2) is 48.2 Å². The summed E-state index contributed by atoms with van der Waals surface area (Å²) in [5, 5.41) is 10.2. The number of carbonyl (C=O) groups excluding carboxylic acids is 1. The monoisotopic (exact) mass is 385 g/mol. The number of hydrogen-bond donors (Lipinski definition) is 1. The number of carbonyl (C=O) groups is 1. The number of ketones is 1. The number of aliphatic hydroxyl groups excluding tert-OH is 1. The van der Waals surface area contributed by atoms with Gasteiger partial charge in [0, 0.05) is 30.3 Å². The van der Waals surface area contributed by atoms with E-state index in [-0.39, 0.29) is 16.9 Å². The zero-order chi connectivity index (χ0) is 19.5. The minimum Gasteiger partial charge on any atom is -0.393 e. The summed E-state index contributed by atoms with van der Waals surface area (Å²) in [5.41, 5.74) is 2.64. The lowest BCUT2D eigenvalue weighted by Gasteiger charge is -2.56. The summed E-state index contributed by atoms with van der Waals surface area (Å²) < 4.78 is 5.46. The number of nitrogens with zero attached hydrogens (tertiary/aromatic N) is 1. The Labute approximate surface area is 169 Å². The quantitative estimate of drug-likeness (QED) is 0.552. The zero-order valence-corrected chi connectivity index (χ0v) is 17.5. The van der Waals surface area contributed by atoms with Gasteiger partial charge in [-0.15, -0.1) is 0 Å². The van der Waals surface area contributed by atoms with Gasteiger partial charge in [0.2, 0.25) is 0 Å². The molecule has 4 heteroatoms. The Morgan fingerprint density at radius 1 is 1.11 bits per heavy atom. The molecule has 0 bridgehead atoms. The predicted molar refractivity (Wildman–Crippen MR) is 109 cm³/mol. The van der Waals surface area contributed by atoms with Crippen molar-refractivity contribution >= 4 is 5.78 Å².